The third kappa shape index (κ3) is 4.66. The fourth-order valence-corrected chi connectivity index (χ4v) is 2.47. The number of hydrogen-bond acceptors (Lipinski definition) is 3. The number of halogens is 1. The van der Waals surface area contributed by atoms with Crippen molar-refractivity contribution in [3.8, 4) is 5.75 Å². The molecule has 5 nitrogen and oxygen atoms in total. The second-order valence-corrected chi connectivity index (χ2v) is 6.00. The van der Waals surface area contributed by atoms with E-state index in [2.05, 4.69) is 5.32 Å². The number of ether oxygens (including phenoxy) is 1. The molecular formula is C14H18INO4. The lowest BCUT2D eigenvalue weighted by atomic mass is 10.0. The van der Waals surface area contributed by atoms with Gasteiger partial charge < -0.3 is 15.2 Å². The summed E-state index contributed by atoms with van der Waals surface area (Å²) < 4.78 is 5.79. The minimum atomic E-state index is -1.02. The third-order valence-corrected chi connectivity index (χ3v) is 3.62. The van der Waals surface area contributed by atoms with Crippen molar-refractivity contribution in [1.29, 1.82) is 0 Å². The second-order valence-electron chi connectivity index (χ2n) is 4.84. The first kappa shape index (κ1) is 16.7. The zero-order chi connectivity index (χ0) is 15.3. The van der Waals surface area contributed by atoms with E-state index in [4.69, 9.17) is 9.84 Å². The minimum absolute atomic E-state index is 0.186. The number of carbonyl (C=O) groups excluding carboxylic acids is 1. The van der Waals surface area contributed by atoms with E-state index < -0.39 is 12.0 Å². The van der Waals surface area contributed by atoms with Gasteiger partial charge >= 0.3 is 5.97 Å². The number of carboxylic acids is 1. The highest BCUT2D eigenvalue weighted by atomic mass is 127. The molecule has 0 unspecified atom stereocenters. The highest BCUT2D eigenvalue weighted by molar-refractivity contribution is 14.1. The van der Waals surface area contributed by atoms with Crippen LogP contribution in [-0.2, 0) is 4.79 Å². The van der Waals surface area contributed by atoms with Crippen LogP contribution in [-0.4, -0.2) is 30.1 Å². The molecule has 0 aromatic heterocycles. The van der Waals surface area contributed by atoms with Gasteiger partial charge in [0.25, 0.3) is 5.91 Å². The summed E-state index contributed by atoms with van der Waals surface area (Å²) in [6.45, 7) is 3.83. The van der Waals surface area contributed by atoms with E-state index in [1.807, 2.05) is 36.4 Å². The molecule has 1 atom stereocenters. The molecule has 0 fully saturated rings. The van der Waals surface area contributed by atoms with Gasteiger partial charge in [-0.3, -0.25) is 4.79 Å². The number of methoxy groups -OCH3 is 1. The van der Waals surface area contributed by atoms with Gasteiger partial charge in [-0.1, -0.05) is 13.8 Å². The molecule has 0 spiro atoms. The van der Waals surface area contributed by atoms with Crippen LogP contribution < -0.4 is 10.1 Å². The molecule has 6 heteroatoms. The maximum absolute atomic E-state index is 12.1. The van der Waals surface area contributed by atoms with E-state index in [0.717, 1.165) is 0 Å². The Kier molecular flexibility index (Phi) is 6.25. The number of hydrogen-bond donors (Lipinski definition) is 2. The van der Waals surface area contributed by atoms with Crippen LogP contribution in [0.3, 0.4) is 0 Å². The zero-order valence-electron chi connectivity index (χ0n) is 11.6. The maximum atomic E-state index is 12.1. The number of rotatable bonds is 6. The van der Waals surface area contributed by atoms with Gasteiger partial charge in [0.05, 0.1) is 12.7 Å². The third-order valence-electron chi connectivity index (χ3n) is 2.73. The Morgan fingerprint density at radius 1 is 1.40 bits per heavy atom. The average Bonchev–Trinajstić information content (AvgIpc) is 2.36. The Morgan fingerprint density at radius 3 is 2.50 bits per heavy atom. The molecular weight excluding hydrogens is 373 g/mol. The molecule has 110 valence electrons. The van der Waals surface area contributed by atoms with Crippen LogP contribution in [0.25, 0.3) is 0 Å². The van der Waals surface area contributed by atoms with Crippen molar-refractivity contribution in [3.63, 3.8) is 0 Å². The predicted octanol–water partition coefficient (Wildman–Crippen LogP) is 2.53. The molecule has 1 aromatic rings. The quantitative estimate of drug-likeness (QED) is 0.731. The Balaban J connectivity index is 2.86. The first-order valence-electron chi connectivity index (χ1n) is 6.22. The van der Waals surface area contributed by atoms with Gasteiger partial charge in [0.2, 0.25) is 0 Å². The van der Waals surface area contributed by atoms with Crippen molar-refractivity contribution in [1.82, 2.24) is 5.32 Å². The van der Waals surface area contributed by atoms with Crippen molar-refractivity contribution in [2.24, 2.45) is 5.92 Å². The molecule has 2 N–H and O–H groups in total. The molecule has 0 radical (unpaired) electrons. The van der Waals surface area contributed by atoms with Crippen LogP contribution in [0, 0.1) is 9.49 Å². The maximum Gasteiger partial charge on any atom is 0.326 e. The summed E-state index contributed by atoms with van der Waals surface area (Å²) in [4.78, 5) is 23.3. The summed E-state index contributed by atoms with van der Waals surface area (Å²) in [5.74, 6) is -0.560. The van der Waals surface area contributed by atoms with Crippen molar-refractivity contribution < 1.29 is 19.4 Å². The van der Waals surface area contributed by atoms with Crippen molar-refractivity contribution in [2.45, 2.75) is 26.3 Å². The van der Waals surface area contributed by atoms with Gasteiger partial charge in [0.15, 0.2) is 0 Å². The number of nitrogens with one attached hydrogen (secondary N) is 1. The molecule has 1 aromatic carbocycles. The summed E-state index contributed by atoms with van der Waals surface area (Å²) in [5, 5.41) is 11.7. The van der Waals surface area contributed by atoms with Crippen LogP contribution in [0.1, 0.15) is 30.6 Å². The van der Waals surface area contributed by atoms with E-state index in [0.29, 0.717) is 21.3 Å². The van der Waals surface area contributed by atoms with Crippen molar-refractivity contribution >= 4 is 34.5 Å². The molecule has 20 heavy (non-hydrogen) atoms. The number of amides is 1. The molecule has 0 aliphatic rings. The molecule has 0 saturated heterocycles. The smallest absolute Gasteiger partial charge is 0.326 e. The van der Waals surface area contributed by atoms with Gasteiger partial charge in [0.1, 0.15) is 11.8 Å². The lowest BCUT2D eigenvalue weighted by molar-refractivity contribution is -0.139. The predicted molar refractivity (Wildman–Crippen MR) is 84.1 cm³/mol. The van der Waals surface area contributed by atoms with Crippen LogP contribution in [0.2, 0.25) is 0 Å². The molecule has 1 amide bonds. The van der Waals surface area contributed by atoms with Gasteiger partial charge in [-0.05, 0) is 53.1 Å². The largest absolute Gasteiger partial charge is 0.497 e. The van der Waals surface area contributed by atoms with Gasteiger partial charge in [0, 0.05) is 3.57 Å². The van der Waals surface area contributed by atoms with Crippen molar-refractivity contribution in [2.75, 3.05) is 7.11 Å². The molecule has 1 rings (SSSR count). The van der Waals surface area contributed by atoms with E-state index in [1.54, 1.807) is 25.3 Å². The highest BCUT2D eigenvalue weighted by Gasteiger charge is 2.22. The van der Waals surface area contributed by atoms with E-state index in [-0.39, 0.29) is 11.8 Å². The Labute approximate surface area is 131 Å². The molecule has 0 saturated carbocycles. The summed E-state index contributed by atoms with van der Waals surface area (Å²) in [6.07, 6.45) is 0.397. The Morgan fingerprint density at radius 2 is 2.05 bits per heavy atom. The lowest BCUT2D eigenvalue weighted by Gasteiger charge is -2.17. The molecule has 0 bridgehead atoms. The molecule has 0 aliphatic heterocycles. The molecule has 0 heterocycles. The summed E-state index contributed by atoms with van der Waals surface area (Å²) in [6, 6.07) is 4.16. The van der Waals surface area contributed by atoms with E-state index >= 15 is 0 Å². The number of carbonyl (C=O) groups is 2. The summed E-state index contributed by atoms with van der Waals surface area (Å²) in [5.41, 5.74) is 0.446. The second kappa shape index (κ2) is 7.47. The average molecular weight is 391 g/mol. The lowest BCUT2D eigenvalue weighted by Crippen LogP contribution is -2.41. The topological polar surface area (TPSA) is 75.6 Å². The van der Waals surface area contributed by atoms with Crippen LogP contribution in [0.4, 0.5) is 0 Å². The van der Waals surface area contributed by atoms with Gasteiger partial charge in [-0.2, -0.15) is 0 Å². The van der Waals surface area contributed by atoms with Gasteiger partial charge in [-0.25, -0.2) is 4.79 Å². The standard InChI is InChI=1S/C14H18INO4/c1-8(2)6-12(14(18)19)16-13(17)10-5-4-9(20-3)7-11(10)15/h4-5,7-8,12H,6H2,1-3H3,(H,16,17)(H,18,19)/t12-/m0/s1. The van der Waals surface area contributed by atoms with E-state index in [1.165, 1.54) is 0 Å². The fraction of sp³-hybridized carbons (Fsp3) is 0.429. The number of aliphatic carboxylic acids is 1. The number of benzene rings is 1. The number of carboxylic acid groups (broad SMARTS) is 1. The van der Waals surface area contributed by atoms with Crippen LogP contribution in [0.5, 0.6) is 5.75 Å². The zero-order valence-corrected chi connectivity index (χ0v) is 13.8. The first-order chi connectivity index (χ1) is 9.35. The minimum Gasteiger partial charge on any atom is -0.497 e. The first-order valence-corrected chi connectivity index (χ1v) is 7.30. The highest BCUT2D eigenvalue weighted by Crippen LogP contribution is 2.19. The van der Waals surface area contributed by atoms with Crippen LogP contribution >= 0.6 is 22.6 Å². The monoisotopic (exact) mass is 391 g/mol. The van der Waals surface area contributed by atoms with Crippen LogP contribution in [0.15, 0.2) is 18.2 Å². The molecule has 0 aliphatic carbocycles. The fourth-order valence-electron chi connectivity index (χ4n) is 1.74. The van der Waals surface area contributed by atoms with E-state index in [9.17, 15) is 9.59 Å². The van der Waals surface area contributed by atoms with Crippen molar-refractivity contribution in [3.05, 3.63) is 27.3 Å². The normalized spacial score (nSPS) is 12.1. The Bertz CT molecular complexity index is 502. The summed E-state index contributed by atoms with van der Waals surface area (Å²) >= 11 is 2.03. The Hall–Kier alpha value is -1.31. The van der Waals surface area contributed by atoms with Gasteiger partial charge in [-0.15, -0.1) is 0 Å². The summed E-state index contributed by atoms with van der Waals surface area (Å²) in [7, 11) is 1.55. The SMILES string of the molecule is COc1ccc(C(=O)N[C@@H](CC(C)C)C(=O)O)c(I)c1.